The number of carboxylic acid groups (broad SMARTS) is 1. The van der Waals surface area contributed by atoms with Crippen LogP contribution in [-0.4, -0.2) is 21.9 Å². The molecule has 1 heterocycles. The van der Waals surface area contributed by atoms with Gasteiger partial charge in [-0.15, -0.1) is 11.3 Å². The number of anilines is 1. The van der Waals surface area contributed by atoms with Crippen LogP contribution in [0.15, 0.2) is 34.1 Å². The molecule has 0 bridgehead atoms. The topological polar surface area (TPSA) is 110 Å². The lowest BCUT2D eigenvalue weighted by atomic mass is 10.1. The average Bonchev–Trinajstić information content (AvgIpc) is 2.85. The summed E-state index contributed by atoms with van der Waals surface area (Å²) in [4.78, 5) is 33.5. The third-order valence-corrected chi connectivity index (χ3v) is 4.35. The summed E-state index contributed by atoms with van der Waals surface area (Å²) in [5.41, 5.74) is -0.702. The minimum Gasteiger partial charge on any atom is -0.478 e. The van der Waals surface area contributed by atoms with E-state index in [1.807, 2.05) is 0 Å². The van der Waals surface area contributed by atoms with Crippen molar-refractivity contribution in [2.24, 2.45) is 0 Å². The number of benzene rings is 1. The maximum atomic E-state index is 12.0. The number of nitro benzene ring substituents is 1. The number of amides is 1. The predicted octanol–water partition coefficient (Wildman–Crippen LogP) is 3.37. The number of aromatic carboxylic acids is 1. The lowest BCUT2D eigenvalue weighted by Crippen LogP contribution is -2.14. The summed E-state index contributed by atoms with van der Waals surface area (Å²) in [6.45, 7) is 0. The molecule has 0 atom stereocenters. The fourth-order valence-electron chi connectivity index (χ4n) is 1.57. The van der Waals surface area contributed by atoms with E-state index in [4.69, 9.17) is 5.11 Å². The molecule has 7 nitrogen and oxygen atoms in total. The van der Waals surface area contributed by atoms with Gasteiger partial charge in [0.15, 0.2) is 0 Å². The smallest absolute Gasteiger partial charge is 0.338 e. The number of nitrogens with zero attached hydrogens (tertiary/aromatic N) is 1. The number of thiophene rings is 1. The van der Waals surface area contributed by atoms with Gasteiger partial charge in [-0.3, -0.25) is 14.9 Å². The molecule has 0 fully saturated rings. The molecule has 1 aromatic carbocycles. The SMILES string of the molecule is O=C(O)c1cc([N+](=O)[O-])ccc1NC(=O)c1sccc1Br. The minimum atomic E-state index is -1.36. The molecule has 108 valence electrons. The van der Waals surface area contributed by atoms with Crippen molar-refractivity contribution in [1.82, 2.24) is 0 Å². The molecule has 2 N–H and O–H groups in total. The molecule has 0 saturated carbocycles. The van der Waals surface area contributed by atoms with Crippen LogP contribution in [-0.2, 0) is 0 Å². The van der Waals surface area contributed by atoms with Crippen molar-refractivity contribution in [3.05, 3.63) is 54.7 Å². The Morgan fingerprint density at radius 2 is 2.05 bits per heavy atom. The molecule has 0 aliphatic heterocycles. The zero-order valence-electron chi connectivity index (χ0n) is 10.2. The third-order valence-electron chi connectivity index (χ3n) is 2.52. The van der Waals surface area contributed by atoms with E-state index in [9.17, 15) is 19.7 Å². The van der Waals surface area contributed by atoms with Crippen LogP contribution in [0.2, 0.25) is 0 Å². The van der Waals surface area contributed by atoms with E-state index in [-0.39, 0.29) is 16.9 Å². The van der Waals surface area contributed by atoms with E-state index in [0.717, 1.165) is 12.1 Å². The van der Waals surface area contributed by atoms with Gasteiger partial charge < -0.3 is 10.4 Å². The van der Waals surface area contributed by atoms with Crippen molar-refractivity contribution >= 4 is 50.5 Å². The zero-order chi connectivity index (χ0) is 15.6. The second-order valence-electron chi connectivity index (χ2n) is 3.84. The van der Waals surface area contributed by atoms with Crippen LogP contribution in [0.3, 0.4) is 0 Å². The fourth-order valence-corrected chi connectivity index (χ4v) is 3.01. The van der Waals surface area contributed by atoms with E-state index < -0.39 is 16.8 Å². The second-order valence-corrected chi connectivity index (χ2v) is 5.61. The number of carbonyl (C=O) groups is 2. The molecule has 0 radical (unpaired) electrons. The standard InChI is InChI=1S/C12H7BrN2O5S/c13-8-3-4-21-10(8)11(16)14-9-2-1-6(15(19)20)5-7(9)12(17)18/h1-5H,(H,14,16)(H,17,18). The lowest BCUT2D eigenvalue weighted by Gasteiger charge is -2.07. The van der Waals surface area contributed by atoms with Crippen molar-refractivity contribution in [3.63, 3.8) is 0 Å². The van der Waals surface area contributed by atoms with Crippen LogP contribution in [0.1, 0.15) is 20.0 Å². The van der Waals surface area contributed by atoms with E-state index in [2.05, 4.69) is 21.2 Å². The molecule has 0 aliphatic carbocycles. The van der Waals surface area contributed by atoms with E-state index in [0.29, 0.717) is 9.35 Å². The molecule has 21 heavy (non-hydrogen) atoms. The summed E-state index contributed by atoms with van der Waals surface area (Å²) >= 11 is 4.39. The number of nitrogens with one attached hydrogen (secondary N) is 1. The number of rotatable bonds is 4. The van der Waals surface area contributed by atoms with E-state index in [1.54, 1.807) is 11.4 Å². The Labute approximate surface area is 130 Å². The average molecular weight is 371 g/mol. The largest absolute Gasteiger partial charge is 0.478 e. The van der Waals surface area contributed by atoms with Gasteiger partial charge in [0, 0.05) is 16.6 Å². The highest BCUT2D eigenvalue weighted by atomic mass is 79.9. The predicted molar refractivity (Wildman–Crippen MR) is 80.0 cm³/mol. The molecule has 0 aliphatic rings. The number of hydrogen-bond acceptors (Lipinski definition) is 5. The normalized spacial score (nSPS) is 10.1. The monoisotopic (exact) mass is 370 g/mol. The Hall–Kier alpha value is -2.26. The molecular formula is C12H7BrN2O5S. The third kappa shape index (κ3) is 3.26. The molecule has 2 aromatic rings. The first-order valence-corrected chi connectivity index (χ1v) is 7.13. The molecule has 9 heteroatoms. The lowest BCUT2D eigenvalue weighted by molar-refractivity contribution is -0.384. The van der Waals surface area contributed by atoms with E-state index in [1.165, 1.54) is 17.4 Å². The Morgan fingerprint density at radius 1 is 1.33 bits per heavy atom. The number of carbonyl (C=O) groups excluding carboxylic acids is 1. The van der Waals surface area contributed by atoms with Crippen molar-refractivity contribution in [2.75, 3.05) is 5.32 Å². The molecule has 1 amide bonds. The first kappa shape index (κ1) is 15.1. The molecule has 0 spiro atoms. The summed E-state index contributed by atoms with van der Waals surface area (Å²) in [5, 5.41) is 23.9. The summed E-state index contributed by atoms with van der Waals surface area (Å²) in [7, 11) is 0. The highest BCUT2D eigenvalue weighted by Gasteiger charge is 2.19. The Bertz CT molecular complexity index is 743. The Balaban J connectivity index is 2.36. The summed E-state index contributed by atoms with van der Waals surface area (Å²) in [5.74, 6) is -1.85. The van der Waals surface area contributed by atoms with Crippen molar-refractivity contribution in [2.45, 2.75) is 0 Å². The van der Waals surface area contributed by atoms with Crippen molar-refractivity contribution in [3.8, 4) is 0 Å². The number of non-ortho nitro benzene ring substituents is 1. The van der Waals surface area contributed by atoms with Gasteiger partial charge in [-0.05, 0) is 33.4 Å². The molecule has 1 aromatic heterocycles. The van der Waals surface area contributed by atoms with Crippen molar-refractivity contribution < 1.29 is 19.6 Å². The number of nitro groups is 1. The van der Waals surface area contributed by atoms with Gasteiger partial charge in [0.2, 0.25) is 0 Å². The van der Waals surface area contributed by atoms with Crippen LogP contribution in [0.25, 0.3) is 0 Å². The van der Waals surface area contributed by atoms with Crippen LogP contribution in [0, 0.1) is 10.1 Å². The summed E-state index contributed by atoms with van der Waals surface area (Å²) in [6, 6.07) is 4.92. The molecule has 0 unspecified atom stereocenters. The Morgan fingerprint density at radius 3 is 2.57 bits per heavy atom. The van der Waals surface area contributed by atoms with Crippen LogP contribution >= 0.6 is 27.3 Å². The van der Waals surface area contributed by atoms with Gasteiger partial charge in [-0.2, -0.15) is 0 Å². The van der Waals surface area contributed by atoms with Gasteiger partial charge in [0.1, 0.15) is 4.88 Å². The van der Waals surface area contributed by atoms with Crippen LogP contribution in [0.5, 0.6) is 0 Å². The number of halogens is 1. The maximum Gasteiger partial charge on any atom is 0.338 e. The van der Waals surface area contributed by atoms with Crippen molar-refractivity contribution in [1.29, 1.82) is 0 Å². The summed E-state index contributed by atoms with van der Waals surface area (Å²) < 4.78 is 0.587. The van der Waals surface area contributed by atoms with Gasteiger partial charge >= 0.3 is 5.97 Å². The van der Waals surface area contributed by atoms with Gasteiger partial charge in [-0.1, -0.05) is 0 Å². The van der Waals surface area contributed by atoms with Crippen LogP contribution < -0.4 is 5.32 Å². The Kier molecular flexibility index (Phi) is 4.34. The van der Waals surface area contributed by atoms with Gasteiger partial charge in [0.25, 0.3) is 11.6 Å². The first-order chi connectivity index (χ1) is 9.90. The van der Waals surface area contributed by atoms with E-state index >= 15 is 0 Å². The fraction of sp³-hybridized carbons (Fsp3) is 0. The summed E-state index contributed by atoms with van der Waals surface area (Å²) in [6.07, 6.45) is 0. The van der Waals surface area contributed by atoms with Gasteiger partial charge in [-0.25, -0.2) is 4.79 Å². The highest BCUT2D eigenvalue weighted by molar-refractivity contribution is 9.10. The quantitative estimate of drug-likeness (QED) is 0.633. The number of carboxylic acids is 1. The highest BCUT2D eigenvalue weighted by Crippen LogP contribution is 2.26. The molecule has 0 saturated heterocycles. The number of hydrogen-bond donors (Lipinski definition) is 2. The first-order valence-electron chi connectivity index (χ1n) is 5.46. The second kappa shape index (κ2) is 6.02. The molecule has 2 rings (SSSR count). The zero-order valence-corrected chi connectivity index (χ0v) is 12.6. The minimum absolute atomic E-state index is 0.00148. The maximum absolute atomic E-state index is 12.0. The van der Waals surface area contributed by atoms with Crippen LogP contribution in [0.4, 0.5) is 11.4 Å². The molecular weight excluding hydrogens is 364 g/mol. The van der Waals surface area contributed by atoms with Gasteiger partial charge in [0.05, 0.1) is 16.2 Å².